The number of fused-ring (bicyclic) bond motifs is 1. The molecule has 1 aliphatic heterocycles. The summed E-state index contributed by atoms with van der Waals surface area (Å²) in [5, 5.41) is 6.00. The number of imidazole rings is 1. The molecule has 1 aromatic heterocycles. The summed E-state index contributed by atoms with van der Waals surface area (Å²) >= 11 is 0. The zero-order chi connectivity index (χ0) is 23.2. The van der Waals surface area contributed by atoms with Gasteiger partial charge in [0.25, 0.3) is 5.91 Å². The molecule has 3 aromatic rings. The molecule has 0 unspecified atom stereocenters. The summed E-state index contributed by atoms with van der Waals surface area (Å²) in [6.45, 7) is 5.25. The second-order valence-corrected chi connectivity index (χ2v) is 8.28. The first-order valence-electron chi connectivity index (χ1n) is 11.0. The van der Waals surface area contributed by atoms with Gasteiger partial charge in [0.1, 0.15) is 19.3 Å². The summed E-state index contributed by atoms with van der Waals surface area (Å²) in [5.74, 6) is 0.442. The van der Waals surface area contributed by atoms with Gasteiger partial charge in [-0.15, -0.1) is 0 Å². The Morgan fingerprint density at radius 2 is 1.79 bits per heavy atom. The van der Waals surface area contributed by atoms with E-state index in [2.05, 4.69) is 15.6 Å². The van der Waals surface area contributed by atoms with Gasteiger partial charge in [-0.3, -0.25) is 9.59 Å². The molecule has 33 heavy (non-hydrogen) atoms. The molecule has 0 aliphatic carbocycles. The van der Waals surface area contributed by atoms with Crippen LogP contribution in [0.1, 0.15) is 35.8 Å². The third-order valence-electron chi connectivity index (χ3n) is 5.51. The summed E-state index contributed by atoms with van der Waals surface area (Å²) in [7, 11) is 0. The maximum Gasteiger partial charge on any atom is 0.252 e. The van der Waals surface area contributed by atoms with Crippen LogP contribution in [0.5, 0.6) is 11.5 Å². The average Bonchev–Trinajstić information content (AvgIpc) is 3.35. The van der Waals surface area contributed by atoms with Gasteiger partial charge in [0.15, 0.2) is 11.5 Å². The molecule has 1 aliphatic rings. The lowest BCUT2D eigenvalue weighted by Gasteiger charge is -2.26. The average molecular weight is 449 g/mol. The summed E-state index contributed by atoms with van der Waals surface area (Å²) in [6, 6.07) is 13.8. The van der Waals surface area contributed by atoms with Crippen molar-refractivity contribution < 1.29 is 19.1 Å². The summed E-state index contributed by atoms with van der Waals surface area (Å²) < 4.78 is 13.0. The van der Waals surface area contributed by atoms with E-state index in [1.165, 1.54) is 0 Å². The number of hydrogen-bond acceptors (Lipinski definition) is 5. The van der Waals surface area contributed by atoms with E-state index in [1.54, 1.807) is 30.7 Å². The smallest absolute Gasteiger partial charge is 0.252 e. The largest absolute Gasteiger partial charge is 0.486 e. The molecular weight excluding hydrogens is 420 g/mol. The number of benzene rings is 2. The van der Waals surface area contributed by atoms with Crippen molar-refractivity contribution in [3.8, 4) is 11.5 Å². The molecule has 0 spiro atoms. The van der Waals surface area contributed by atoms with Crippen LogP contribution in [0, 0.1) is 5.92 Å². The third-order valence-corrected chi connectivity index (χ3v) is 5.51. The van der Waals surface area contributed by atoms with Crippen LogP contribution in [-0.4, -0.2) is 40.6 Å². The fourth-order valence-corrected chi connectivity index (χ4v) is 3.73. The lowest BCUT2D eigenvalue weighted by molar-refractivity contribution is -0.124. The highest BCUT2D eigenvalue weighted by Gasteiger charge is 2.28. The normalized spacial score (nSPS) is 14.4. The second kappa shape index (κ2) is 10.2. The molecule has 8 heteroatoms. The van der Waals surface area contributed by atoms with Gasteiger partial charge < -0.3 is 24.7 Å². The van der Waals surface area contributed by atoms with Gasteiger partial charge in [-0.1, -0.05) is 44.2 Å². The highest BCUT2D eigenvalue weighted by atomic mass is 16.6. The minimum absolute atomic E-state index is 0.115. The van der Waals surface area contributed by atoms with Crippen LogP contribution in [0.15, 0.2) is 67.3 Å². The Morgan fingerprint density at radius 1 is 1.03 bits per heavy atom. The molecule has 2 N–H and O–H groups in total. The highest BCUT2D eigenvalue weighted by molar-refractivity contribution is 5.98. The SMILES string of the molecule is CC(C)[C@H](NC(=O)c1ccc2c(c1)OCCO2)C(=O)N[C@@H](Cn1ccnc1)c1ccccc1. The van der Waals surface area contributed by atoms with Crippen molar-refractivity contribution in [2.45, 2.75) is 32.5 Å². The van der Waals surface area contributed by atoms with E-state index in [0.717, 1.165) is 5.56 Å². The maximum atomic E-state index is 13.3. The van der Waals surface area contributed by atoms with E-state index in [0.29, 0.717) is 36.8 Å². The van der Waals surface area contributed by atoms with E-state index in [-0.39, 0.29) is 23.8 Å². The van der Waals surface area contributed by atoms with E-state index in [1.807, 2.05) is 54.9 Å². The molecule has 0 saturated heterocycles. The highest BCUT2D eigenvalue weighted by Crippen LogP contribution is 2.30. The van der Waals surface area contributed by atoms with Crippen LogP contribution in [0.25, 0.3) is 0 Å². The van der Waals surface area contributed by atoms with E-state index in [9.17, 15) is 9.59 Å². The Bertz CT molecular complexity index is 1080. The van der Waals surface area contributed by atoms with Crippen molar-refractivity contribution in [2.24, 2.45) is 5.92 Å². The van der Waals surface area contributed by atoms with Crippen molar-refractivity contribution in [1.29, 1.82) is 0 Å². The minimum atomic E-state index is -0.709. The van der Waals surface area contributed by atoms with E-state index in [4.69, 9.17) is 9.47 Å². The Labute approximate surface area is 192 Å². The lowest BCUT2D eigenvalue weighted by Crippen LogP contribution is -2.50. The lowest BCUT2D eigenvalue weighted by atomic mass is 10.0. The Morgan fingerprint density at radius 3 is 2.48 bits per heavy atom. The molecule has 4 rings (SSSR count). The van der Waals surface area contributed by atoms with Gasteiger partial charge in [-0.25, -0.2) is 4.98 Å². The number of nitrogens with one attached hydrogen (secondary N) is 2. The second-order valence-electron chi connectivity index (χ2n) is 8.28. The minimum Gasteiger partial charge on any atom is -0.486 e. The van der Waals surface area contributed by atoms with Crippen LogP contribution < -0.4 is 20.1 Å². The zero-order valence-electron chi connectivity index (χ0n) is 18.7. The van der Waals surface area contributed by atoms with Crippen LogP contribution in [0.4, 0.5) is 0 Å². The number of hydrogen-bond donors (Lipinski definition) is 2. The number of rotatable bonds is 8. The fourth-order valence-electron chi connectivity index (χ4n) is 3.73. The molecule has 0 radical (unpaired) electrons. The van der Waals surface area contributed by atoms with Gasteiger partial charge in [-0.2, -0.15) is 0 Å². The van der Waals surface area contributed by atoms with Crippen LogP contribution in [0.2, 0.25) is 0 Å². The number of carbonyl (C=O) groups is 2. The molecule has 0 saturated carbocycles. The van der Waals surface area contributed by atoms with Gasteiger partial charge in [0.05, 0.1) is 12.4 Å². The van der Waals surface area contributed by atoms with E-state index < -0.39 is 6.04 Å². The molecule has 0 fully saturated rings. The molecule has 2 atom stereocenters. The first-order chi connectivity index (χ1) is 16.0. The first kappa shape index (κ1) is 22.4. The Hall–Kier alpha value is -3.81. The quantitative estimate of drug-likeness (QED) is 0.553. The van der Waals surface area contributed by atoms with Gasteiger partial charge in [0, 0.05) is 24.5 Å². The van der Waals surface area contributed by atoms with Gasteiger partial charge >= 0.3 is 0 Å². The molecule has 2 heterocycles. The molecule has 0 bridgehead atoms. The van der Waals surface area contributed by atoms with Crippen molar-refractivity contribution in [1.82, 2.24) is 20.2 Å². The number of nitrogens with zero attached hydrogens (tertiary/aromatic N) is 2. The van der Waals surface area contributed by atoms with E-state index >= 15 is 0 Å². The van der Waals surface area contributed by atoms with Crippen molar-refractivity contribution >= 4 is 11.8 Å². The van der Waals surface area contributed by atoms with Crippen LogP contribution in [-0.2, 0) is 11.3 Å². The van der Waals surface area contributed by atoms with Crippen LogP contribution >= 0.6 is 0 Å². The maximum absolute atomic E-state index is 13.3. The molecule has 172 valence electrons. The third kappa shape index (κ3) is 5.52. The molecule has 8 nitrogen and oxygen atoms in total. The monoisotopic (exact) mass is 448 g/mol. The number of amides is 2. The number of carbonyl (C=O) groups excluding carboxylic acids is 2. The summed E-state index contributed by atoms with van der Waals surface area (Å²) in [4.78, 5) is 30.4. The number of ether oxygens (including phenoxy) is 2. The molecule has 2 amide bonds. The first-order valence-corrected chi connectivity index (χ1v) is 11.0. The van der Waals surface area contributed by atoms with Gasteiger partial charge in [-0.05, 0) is 29.7 Å². The standard InChI is InChI=1S/C25H28N4O4/c1-17(2)23(28-24(30)19-8-9-21-22(14-19)33-13-12-32-21)25(31)27-20(15-29-11-10-26-16-29)18-6-4-3-5-7-18/h3-11,14,16-17,20,23H,12-13,15H2,1-2H3,(H,27,31)(H,28,30)/t20-,23-/m0/s1. The van der Waals surface area contributed by atoms with Crippen LogP contribution in [0.3, 0.4) is 0 Å². The van der Waals surface area contributed by atoms with Crippen molar-refractivity contribution in [3.63, 3.8) is 0 Å². The Kier molecular flexibility index (Phi) is 6.92. The Balaban J connectivity index is 1.49. The number of aromatic nitrogens is 2. The molecular formula is C25H28N4O4. The molecule has 2 aromatic carbocycles. The topological polar surface area (TPSA) is 94.5 Å². The zero-order valence-corrected chi connectivity index (χ0v) is 18.7. The van der Waals surface area contributed by atoms with Crippen molar-refractivity contribution in [2.75, 3.05) is 13.2 Å². The van der Waals surface area contributed by atoms with Gasteiger partial charge in [0.2, 0.25) is 5.91 Å². The fraction of sp³-hybridized carbons (Fsp3) is 0.320. The van der Waals surface area contributed by atoms with Crippen molar-refractivity contribution in [3.05, 3.63) is 78.4 Å². The summed E-state index contributed by atoms with van der Waals surface area (Å²) in [5.41, 5.74) is 1.39. The predicted molar refractivity (Wildman–Crippen MR) is 123 cm³/mol. The summed E-state index contributed by atoms with van der Waals surface area (Å²) in [6.07, 6.45) is 5.27. The predicted octanol–water partition coefficient (Wildman–Crippen LogP) is 2.97.